The third-order valence-corrected chi connectivity index (χ3v) is 17.3. The van der Waals surface area contributed by atoms with Crippen molar-refractivity contribution in [1.29, 1.82) is 0 Å². The van der Waals surface area contributed by atoms with Crippen LogP contribution >= 0.6 is 0 Å². The van der Waals surface area contributed by atoms with Crippen LogP contribution in [0.5, 0.6) is 0 Å². The van der Waals surface area contributed by atoms with Crippen molar-refractivity contribution < 1.29 is 57.2 Å². The van der Waals surface area contributed by atoms with E-state index in [9.17, 15) is 28.8 Å². The third kappa shape index (κ3) is 35.7. The highest BCUT2D eigenvalue weighted by Crippen LogP contribution is 2.63. The average molecular weight is 1540 g/mol. The zero-order valence-electron chi connectivity index (χ0n) is 63.9. The number of carbonyl (C=O) groups is 6. The van der Waals surface area contributed by atoms with Crippen molar-refractivity contribution in [3.63, 3.8) is 0 Å². The number of carbonyl (C=O) groups excluding carboxylic acids is 6. The molecule has 0 N–H and O–H groups in total. The Morgan fingerprint density at radius 3 is 0.717 bits per heavy atom. The van der Waals surface area contributed by atoms with E-state index in [0.29, 0.717) is 54.3 Å². The van der Waals surface area contributed by atoms with Crippen LogP contribution < -0.4 is 0 Å². The van der Waals surface area contributed by atoms with E-state index in [-0.39, 0.29) is 48.7 Å². The normalized spacial score (nSPS) is 17.2. The molecule has 0 saturated heterocycles. The molecular formula is C108H50O12. The molecular weight excluding hydrogens is 1490 g/mol. The third-order valence-electron chi connectivity index (χ3n) is 17.3. The van der Waals surface area contributed by atoms with Crippen molar-refractivity contribution in [2.75, 3.05) is 33.2 Å². The molecule has 0 radical (unpaired) electrons. The SMILES string of the molecule is C=C=C=C=C=C=C=C=C=C=C=C=C=C=C=C=C=C=C=C=C=C=C=C=C=C=C=C=C=C=C=C=C=C=C=C(C(=O)OCOC(=O)C(=C=C=C=C=C=C=C=C=C=C=C=C=C=C=C=C=C=C=C=C=C=C=C=C=C=C=C=C=C=C=C=C=C=C=C)C(=O)OCC1CC2CC1[C@@H]1CC(COC(=O)C(=C)C)C[C@H]21)C(=O)OCC1CC2CC1[C@H]1CC(COC(=O)C=C)C[C@@H]21. The molecule has 6 rings (SSSR count). The maximum absolute atomic E-state index is 13.9. The molecule has 6 fully saturated rings. The van der Waals surface area contributed by atoms with Gasteiger partial charge in [-0.3, -0.25) is 0 Å². The molecule has 0 aliphatic heterocycles. The van der Waals surface area contributed by atoms with Crippen LogP contribution in [0.3, 0.4) is 0 Å². The van der Waals surface area contributed by atoms with Gasteiger partial charge >= 0.3 is 35.8 Å². The summed E-state index contributed by atoms with van der Waals surface area (Å²) in [6, 6.07) is 0. The Morgan fingerprint density at radius 1 is 0.258 bits per heavy atom. The minimum atomic E-state index is -1.35. The summed E-state index contributed by atoms with van der Waals surface area (Å²) in [5, 5.41) is 0. The molecule has 12 atom stereocenters. The predicted molar refractivity (Wildman–Crippen MR) is 422 cm³/mol. The van der Waals surface area contributed by atoms with Crippen LogP contribution in [0.4, 0.5) is 0 Å². The van der Waals surface area contributed by atoms with Gasteiger partial charge in [0.05, 0.1) is 26.4 Å². The molecule has 0 aromatic rings. The quantitative estimate of drug-likeness (QED) is 0.0274. The van der Waals surface area contributed by atoms with Crippen molar-refractivity contribution in [3.05, 3.63) is 439 Å². The van der Waals surface area contributed by atoms with Gasteiger partial charge in [0.15, 0.2) is 11.1 Å². The second kappa shape index (κ2) is 56.1. The second-order valence-corrected chi connectivity index (χ2v) is 24.4. The minimum Gasteiger partial charge on any atom is -0.462 e. The van der Waals surface area contributed by atoms with Gasteiger partial charge in [0.1, 0.15) is 0 Å². The summed E-state index contributed by atoms with van der Waals surface area (Å²) in [5.41, 5.74) is 167. The highest BCUT2D eigenvalue weighted by Gasteiger charge is 2.57. The first-order valence-electron chi connectivity index (χ1n) is 35.5. The lowest BCUT2D eigenvalue weighted by molar-refractivity contribution is -0.164. The summed E-state index contributed by atoms with van der Waals surface area (Å²) in [5.74, 6) is -2.65. The molecule has 8 unspecified atom stereocenters. The molecule has 6 aliphatic carbocycles. The van der Waals surface area contributed by atoms with Crippen LogP contribution in [0.2, 0.25) is 0 Å². The minimum absolute atomic E-state index is 0.0202. The van der Waals surface area contributed by atoms with E-state index < -0.39 is 53.8 Å². The summed E-state index contributed by atoms with van der Waals surface area (Å²) in [7, 11) is 0. The van der Waals surface area contributed by atoms with E-state index in [1.807, 2.05) is 0 Å². The summed E-state index contributed by atoms with van der Waals surface area (Å²) in [6.45, 7) is 14.8. The molecule has 554 valence electrons. The molecule has 0 aromatic carbocycles. The number of hydrogen-bond acceptors (Lipinski definition) is 12. The molecule has 4 bridgehead atoms. The Balaban J connectivity index is 1.26. The van der Waals surface area contributed by atoms with Gasteiger partial charge in [-0.15, -0.1) is 0 Å². The molecule has 0 spiro atoms. The number of esters is 6. The number of hydrogen-bond donors (Lipinski definition) is 0. The fourth-order valence-electron chi connectivity index (χ4n) is 13.2. The Bertz CT molecular complexity index is 7450. The standard InChI is InChI=1S/C108H50O12/c1-6-9-11-13-15-17-19-21-23-25-27-29-31-33-35-37-39-41-43-45-47-49-51-53-55-57-59-61-63-65-67-69-71-73-95(105(111)117-85-93-79-91-81-99(93)101-77-89(75-97(91)101)83-115-103(109)8-3)107(113)119-87-120-108(114)96(106(112)118-86-94-80-92-82-100(94)102-78-90(76-98(92)102)84-116-104(110)88(4)5)74-72-70-68-66-64-62-60-58-56-54-52-50-48-46-44-42-40-38-36-34-32-30-28-26-24-22-20-18-16-14-12-10-7-2/h8,89-94,97-102H,1-4,75-87H2,5H3/t89?,90?,91?,92?,93?,94?,97-,98+,99?,100?,101-,102+/m0/s1. The average Bonchev–Trinajstić information content (AvgIpc) is 1.60. The first-order chi connectivity index (χ1) is 58.9. The molecule has 6 aliphatic rings. The zero-order chi connectivity index (χ0) is 85.3. The summed E-state index contributed by atoms with van der Waals surface area (Å²) in [6.07, 6.45) is 8.20. The first kappa shape index (κ1) is 89.7. The predicted octanol–water partition coefficient (Wildman–Crippen LogP) is 15.2. The van der Waals surface area contributed by atoms with Gasteiger partial charge in [-0.2, -0.15) is 0 Å². The number of rotatable bonds is 16. The van der Waals surface area contributed by atoms with Gasteiger partial charge in [0.25, 0.3) is 0 Å². The van der Waals surface area contributed by atoms with Crippen molar-refractivity contribution >= 4 is 35.8 Å². The first-order valence-corrected chi connectivity index (χ1v) is 35.5. The lowest BCUT2D eigenvalue weighted by atomic mass is 9.76. The van der Waals surface area contributed by atoms with Crippen molar-refractivity contribution in [2.24, 2.45) is 71.0 Å². The van der Waals surface area contributed by atoms with Gasteiger partial charge in [-0.25, -0.2) is 28.8 Å². The molecule has 0 aromatic heterocycles. The highest BCUT2D eigenvalue weighted by atomic mass is 16.7. The smallest absolute Gasteiger partial charge is 0.357 e. The van der Waals surface area contributed by atoms with Crippen LogP contribution in [0.25, 0.3) is 0 Å². The number of fused-ring (bicyclic) bond motifs is 10. The van der Waals surface area contributed by atoms with E-state index >= 15 is 0 Å². The van der Waals surface area contributed by atoms with E-state index in [2.05, 4.69) is 416 Å². The van der Waals surface area contributed by atoms with Crippen molar-refractivity contribution in [1.82, 2.24) is 0 Å². The van der Waals surface area contributed by atoms with Crippen LogP contribution in [-0.4, -0.2) is 69.0 Å². The van der Waals surface area contributed by atoms with Gasteiger partial charge in [-0.1, -0.05) is 24.6 Å². The van der Waals surface area contributed by atoms with Crippen LogP contribution in [-0.2, 0) is 57.2 Å². The molecule has 120 heavy (non-hydrogen) atoms. The van der Waals surface area contributed by atoms with E-state index in [1.54, 1.807) is 6.92 Å². The van der Waals surface area contributed by atoms with E-state index in [1.165, 1.54) is 0 Å². The van der Waals surface area contributed by atoms with E-state index in [0.717, 1.165) is 57.4 Å². The maximum Gasteiger partial charge on any atom is 0.357 e. The van der Waals surface area contributed by atoms with Gasteiger partial charge in [0.2, 0.25) is 6.79 Å². The largest absolute Gasteiger partial charge is 0.462 e. The summed E-state index contributed by atoms with van der Waals surface area (Å²) in [4.78, 5) is 79.2. The fourth-order valence-corrected chi connectivity index (χ4v) is 13.2. The molecule has 0 heterocycles. The maximum atomic E-state index is 13.9. The fraction of sp³-hybridized carbons (Fsp3) is 0.241. The molecule has 6 saturated carbocycles. The number of ether oxygens (including phenoxy) is 6. The van der Waals surface area contributed by atoms with Crippen LogP contribution in [0.15, 0.2) is 439 Å². The Morgan fingerprint density at radius 2 is 0.475 bits per heavy atom. The molecule has 12 nitrogen and oxygen atoms in total. The van der Waals surface area contributed by atoms with Crippen molar-refractivity contribution in [2.45, 2.75) is 58.3 Å². The lowest BCUT2D eigenvalue weighted by Gasteiger charge is -2.31. The Hall–Kier alpha value is -19.2. The van der Waals surface area contributed by atoms with Gasteiger partial charge in [-0.05, 0) is 337 Å². The van der Waals surface area contributed by atoms with Crippen LogP contribution in [0, 0.1) is 71.0 Å². The molecule has 0 amide bonds. The monoisotopic (exact) mass is 1540 g/mol. The van der Waals surface area contributed by atoms with Crippen molar-refractivity contribution in [3.8, 4) is 0 Å². The van der Waals surface area contributed by atoms with Gasteiger partial charge in [0, 0.05) is 195 Å². The highest BCUT2D eigenvalue weighted by molar-refractivity contribution is 6.14. The van der Waals surface area contributed by atoms with Crippen LogP contribution in [0.1, 0.15) is 58.3 Å². The zero-order valence-corrected chi connectivity index (χ0v) is 63.9. The lowest BCUT2D eigenvalue weighted by Crippen LogP contribution is -2.29. The summed E-state index contributed by atoms with van der Waals surface area (Å²) < 4.78 is 32.9. The Labute approximate surface area is 690 Å². The topological polar surface area (TPSA) is 158 Å². The van der Waals surface area contributed by atoms with Gasteiger partial charge < -0.3 is 28.4 Å². The molecule has 12 heteroatoms. The van der Waals surface area contributed by atoms with E-state index in [4.69, 9.17) is 28.4 Å². The second-order valence-electron chi connectivity index (χ2n) is 24.4. The Kier molecular flexibility index (Phi) is 41.9. The summed E-state index contributed by atoms with van der Waals surface area (Å²) >= 11 is 0.